The summed E-state index contributed by atoms with van der Waals surface area (Å²) in [5.74, 6) is 0.606. The Kier molecular flexibility index (Phi) is 4.56. The van der Waals surface area contributed by atoms with Crippen molar-refractivity contribution in [2.24, 2.45) is 10.8 Å². The molecule has 0 radical (unpaired) electrons. The standard InChI is InChI=1S/C22H21Cl2N3O2/c1-21(2)19(27-11-16-13(18(27)28)7-9-17(24)26-16)22(3,4)20(21)29-12-6-8-15(25-5)14(23)10-12/h6-10,19-20H,11H2,1-4H3. The third-order valence-electron chi connectivity index (χ3n) is 6.12. The van der Waals surface area contributed by atoms with E-state index in [0.29, 0.717) is 33.7 Å². The van der Waals surface area contributed by atoms with Gasteiger partial charge in [0, 0.05) is 16.9 Å². The minimum Gasteiger partial charge on any atom is -0.489 e. The van der Waals surface area contributed by atoms with Crippen LogP contribution >= 0.6 is 23.2 Å². The number of ether oxygens (including phenoxy) is 1. The van der Waals surface area contributed by atoms with Crippen LogP contribution in [0.15, 0.2) is 30.3 Å². The molecule has 4 rings (SSSR count). The van der Waals surface area contributed by atoms with Gasteiger partial charge in [-0.15, -0.1) is 0 Å². The molecular formula is C22H21Cl2N3O2. The summed E-state index contributed by atoms with van der Waals surface area (Å²) in [7, 11) is 0. The van der Waals surface area contributed by atoms with E-state index in [-0.39, 0.29) is 28.9 Å². The molecular weight excluding hydrogens is 409 g/mol. The Hall–Kier alpha value is -2.29. The fourth-order valence-electron chi connectivity index (χ4n) is 5.39. The summed E-state index contributed by atoms with van der Waals surface area (Å²) in [5.41, 5.74) is 1.15. The zero-order chi connectivity index (χ0) is 21.1. The maximum Gasteiger partial charge on any atom is 0.256 e. The molecule has 5 nitrogen and oxygen atoms in total. The summed E-state index contributed by atoms with van der Waals surface area (Å²) in [6.07, 6.45) is -0.136. The van der Waals surface area contributed by atoms with Gasteiger partial charge < -0.3 is 9.64 Å². The molecule has 1 fully saturated rings. The Labute approximate surface area is 180 Å². The molecule has 1 aliphatic heterocycles. The highest BCUT2D eigenvalue weighted by atomic mass is 35.5. The lowest BCUT2D eigenvalue weighted by Gasteiger charge is -2.65. The van der Waals surface area contributed by atoms with Gasteiger partial charge in [-0.2, -0.15) is 0 Å². The van der Waals surface area contributed by atoms with Gasteiger partial charge in [-0.3, -0.25) is 4.79 Å². The molecule has 0 spiro atoms. The number of carbonyl (C=O) groups is 1. The van der Waals surface area contributed by atoms with Crippen molar-refractivity contribution in [2.45, 2.75) is 46.4 Å². The lowest BCUT2D eigenvalue weighted by Crippen LogP contribution is -2.74. The number of amides is 1. The molecule has 2 aliphatic rings. The lowest BCUT2D eigenvalue weighted by molar-refractivity contribution is -0.199. The first-order valence-electron chi connectivity index (χ1n) is 9.37. The van der Waals surface area contributed by atoms with E-state index in [1.165, 1.54) is 0 Å². The van der Waals surface area contributed by atoms with Crippen LogP contribution in [0.1, 0.15) is 43.7 Å². The molecule has 2 heterocycles. The number of hydrogen-bond acceptors (Lipinski definition) is 3. The van der Waals surface area contributed by atoms with Gasteiger partial charge in [-0.05, 0) is 24.3 Å². The maximum atomic E-state index is 13.1. The molecule has 0 atom stereocenters. The van der Waals surface area contributed by atoms with Gasteiger partial charge in [0.05, 0.1) is 29.4 Å². The number of rotatable bonds is 3. The van der Waals surface area contributed by atoms with Crippen molar-refractivity contribution in [1.82, 2.24) is 9.88 Å². The zero-order valence-electron chi connectivity index (χ0n) is 16.7. The Balaban J connectivity index is 1.60. The lowest BCUT2D eigenvalue weighted by atomic mass is 9.49. The first-order chi connectivity index (χ1) is 13.6. The molecule has 1 amide bonds. The van der Waals surface area contributed by atoms with Crippen LogP contribution in [0.5, 0.6) is 5.75 Å². The molecule has 0 saturated heterocycles. The minimum absolute atomic E-state index is 0.0155. The van der Waals surface area contributed by atoms with Crippen LogP contribution < -0.4 is 4.74 Å². The topological polar surface area (TPSA) is 46.8 Å². The van der Waals surface area contributed by atoms with Crippen LogP contribution in [0.2, 0.25) is 10.2 Å². The van der Waals surface area contributed by atoms with Gasteiger partial charge in [0.2, 0.25) is 5.69 Å². The molecule has 1 saturated carbocycles. The summed E-state index contributed by atoms with van der Waals surface area (Å²) in [5, 5.41) is 0.767. The number of fused-ring (bicyclic) bond motifs is 1. The van der Waals surface area contributed by atoms with Crippen LogP contribution in [0.3, 0.4) is 0 Å². The van der Waals surface area contributed by atoms with Crippen molar-refractivity contribution in [2.75, 3.05) is 0 Å². The van der Waals surface area contributed by atoms with Crippen molar-refractivity contribution >= 4 is 34.8 Å². The van der Waals surface area contributed by atoms with Crippen molar-refractivity contribution in [3.8, 4) is 5.75 Å². The van der Waals surface area contributed by atoms with Gasteiger partial charge in [-0.25, -0.2) is 9.83 Å². The highest BCUT2D eigenvalue weighted by Gasteiger charge is 2.67. The Morgan fingerprint density at radius 1 is 1.17 bits per heavy atom. The van der Waals surface area contributed by atoms with E-state index >= 15 is 0 Å². The molecule has 0 N–H and O–H groups in total. The second-order valence-electron chi connectivity index (χ2n) is 8.83. The normalized spacial score (nSPS) is 23.9. The Morgan fingerprint density at radius 2 is 1.86 bits per heavy atom. The van der Waals surface area contributed by atoms with Gasteiger partial charge in [-0.1, -0.05) is 57.0 Å². The summed E-state index contributed by atoms with van der Waals surface area (Å²) in [4.78, 5) is 22.7. The summed E-state index contributed by atoms with van der Waals surface area (Å²) < 4.78 is 6.32. The van der Waals surface area contributed by atoms with Crippen molar-refractivity contribution < 1.29 is 9.53 Å². The fourth-order valence-corrected chi connectivity index (χ4v) is 5.77. The molecule has 7 heteroatoms. The van der Waals surface area contributed by atoms with E-state index in [1.54, 1.807) is 30.3 Å². The van der Waals surface area contributed by atoms with Crippen LogP contribution in [0.4, 0.5) is 5.69 Å². The first-order valence-corrected chi connectivity index (χ1v) is 10.1. The SMILES string of the molecule is [C-]#[N+]c1ccc(OC2C(C)(C)C(N3Cc4nc(Cl)ccc4C3=O)C2(C)C)cc1Cl. The molecule has 0 unspecified atom stereocenters. The minimum atomic E-state index is -0.296. The third kappa shape index (κ3) is 2.97. The van der Waals surface area contributed by atoms with Crippen LogP contribution in [-0.2, 0) is 6.54 Å². The number of pyridine rings is 1. The predicted octanol–water partition coefficient (Wildman–Crippen LogP) is 5.78. The van der Waals surface area contributed by atoms with Gasteiger partial charge in [0.25, 0.3) is 5.91 Å². The summed E-state index contributed by atoms with van der Waals surface area (Å²) >= 11 is 12.2. The summed E-state index contributed by atoms with van der Waals surface area (Å²) in [6.45, 7) is 16.0. The van der Waals surface area contributed by atoms with Crippen LogP contribution in [0, 0.1) is 17.4 Å². The first kappa shape index (κ1) is 20.0. The van der Waals surface area contributed by atoms with Crippen molar-refractivity contribution in [1.29, 1.82) is 0 Å². The molecule has 1 aliphatic carbocycles. The maximum absolute atomic E-state index is 13.1. The van der Waals surface area contributed by atoms with Gasteiger partial charge >= 0.3 is 0 Å². The largest absolute Gasteiger partial charge is 0.489 e. The number of carbonyl (C=O) groups excluding carboxylic acids is 1. The molecule has 0 bridgehead atoms. The van der Waals surface area contributed by atoms with Crippen molar-refractivity contribution in [3.63, 3.8) is 0 Å². The summed E-state index contributed by atoms with van der Waals surface area (Å²) in [6, 6.07) is 8.48. The Morgan fingerprint density at radius 3 is 2.48 bits per heavy atom. The zero-order valence-corrected chi connectivity index (χ0v) is 18.2. The number of benzene rings is 1. The number of halogens is 2. The van der Waals surface area contributed by atoms with E-state index in [4.69, 9.17) is 34.5 Å². The highest BCUT2D eigenvalue weighted by Crippen LogP contribution is 2.59. The molecule has 150 valence electrons. The second-order valence-corrected chi connectivity index (χ2v) is 9.62. The van der Waals surface area contributed by atoms with E-state index in [2.05, 4.69) is 37.5 Å². The monoisotopic (exact) mass is 429 g/mol. The average Bonchev–Trinajstić information content (AvgIpc) is 2.94. The average molecular weight is 430 g/mol. The molecule has 1 aromatic heterocycles. The number of hydrogen-bond donors (Lipinski definition) is 0. The highest BCUT2D eigenvalue weighted by molar-refractivity contribution is 6.33. The second kappa shape index (κ2) is 6.62. The quantitative estimate of drug-likeness (QED) is 0.458. The Bertz CT molecular complexity index is 1040. The fraction of sp³-hybridized carbons (Fsp3) is 0.409. The molecule has 2 aromatic rings. The third-order valence-corrected chi connectivity index (χ3v) is 6.63. The van der Waals surface area contributed by atoms with Crippen LogP contribution in [0.25, 0.3) is 4.85 Å². The van der Waals surface area contributed by atoms with E-state index in [1.807, 2.05) is 4.90 Å². The molecule has 29 heavy (non-hydrogen) atoms. The number of aromatic nitrogens is 1. The van der Waals surface area contributed by atoms with E-state index < -0.39 is 0 Å². The number of nitrogens with zero attached hydrogens (tertiary/aromatic N) is 3. The van der Waals surface area contributed by atoms with E-state index in [0.717, 1.165) is 5.69 Å². The predicted molar refractivity (Wildman–Crippen MR) is 113 cm³/mol. The van der Waals surface area contributed by atoms with E-state index in [9.17, 15) is 4.79 Å². The van der Waals surface area contributed by atoms with Gasteiger partial charge in [0.15, 0.2) is 0 Å². The van der Waals surface area contributed by atoms with Crippen LogP contribution in [-0.4, -0.2) is 27.9 Å². The van der Waals surface area contributed by atoms with Gasteiger partial charge in [0.1, 0.15) is 17.0 Å². The smallest absolute Gasteiger partial charge is 0.256 e. The van der Waals surface area contributed by atoms with Crippen molar-refractivity contribution in [3.05, 3.63) is 63.2 Å². The molecule has 1 aromatic carbocycles.